The van der Waals surface area contributed by atoms with Crippen molar-refractivity contribution in [3.63, 3.8) is 0 Å². The summed E-state index contributed by atoms with van der Waals surface area (Å²) < 4.78 is 5.51. The van der Waals surface area contributed by atoms with Gasteiger partial charge in [0.05, 0.1) is 12.7 Å². The minimum absolute atomic E-state index is 0.00916. The molecule has 0 aromatic carbocycles. The minimum atomic E-state index is -0.153. The summed E-state index contributed by atoms with van der Waals surface area (Å²) in [5.41, 5.74) is 0. The van der Waals surface area contributed by atoms with Crippen molar-refractivity contribution in [1.29, 1.82) is 0 Å². The van der Waals surface area contributed by atoms with Gasteiger partial charge in [-0.1, -0.05) is 12.8 Å². The molecule has 2 atom stereocenters. The van der Waals surface area contributed by atoms with Crippen molar-refractivity contribution in [1.82, 2.24) is 10.2 Å². The number of carbonyl (C=O) groups excluding carboxylic acids is 1. The third kappa shape index (κ3) is 2.38. The summed E-state index contributed by atoms with van der Waals surface area (Å²) >= 11 is 0. The van der Waals surface area contributed by atoms with E-state index in [1.807, 2.05) is 18.9 Å². The Hall–Kier alpha value is -0.610. The highest BCUT2D eigenvalue weighted by molar-refractivity contribution is 5.82. The van der Waals surface area contributed by atoms with E-state index in [9.17, 15) is 4.79 Å². The molecule has 16 heavy (non-hydrogen) atoms. The van der Waals surface area contributed by atoms with Crippen LogP contribution in [0.2, 0.25) is 0 Å². The van der Waals surface area contributed by atoms with Crippen LogP contribution in [0.25, 0.3) is 0 Å². The molecule has 4 nitrogen and oxygen atoms in total. The van der Waals surface area contributed by atoms with Gasteiger partial charge in [0.25, 0.3) is 0 Å². The lowest BCUT2D eigenvalue weighted by Gasteiger charge is -2.34. The summed E-state index contributed by atoms with van der Waals surface area (Å²) in [5.74, 6) is 0.194. The highest BCUT2D eigenvalue weighted by Gasteiger charge is 2.33. The number of hydrogen-bond donors (Lipinski definition) is 1. The minimum Gasteiger partial charge on any atom is -0.375 e. The summed E-state index contributed by atoms with van der Waals surface area (Å²) in [5, 5.41) is 3.26. The van der Waals surface area contributed by atoms with Crippen LogP contribution >= 0.6 is 0 Å². The second-order valence-corrected chi connectivity index (χ2v) is 4.90. The second-order valence-electron chi connectivity index (χ2n) is 4.90. The van der Waals surface area contributed by atoms with Gasteiger partial charge in [-0.25, -0.2) is 0 Å². The molecule has 1 heterocycles. The van der Waals surface area contributed by atoms with E-state index in [2.05, 4.69) is 5.32 Å². The van der Waals surface area contributed by atoms with Crippen molar-refractivity contribution in [3.8, 4) is 0 Å². The van der Waals surface area contributed by atoms with Crippen LogP contribution in [0.5, 0.6) is 0 Å². The van der Waals surface area contributed by atoms with Crippen LogP contribution < -0.4 is 5.32 Å². The van der Waals surface area contributed by atoms with E-state index in [0.717, 1.165) is 19.4 Å². The maximum atomic E-state index is 12.3. The van der Waals surface area contributed by atoms with Crippen LogP contribution in [0.4, 0.5) is 0 Å². The third-order valence-electron chi connectivity index (χ3n) is 3.80. The number of nitrogens with one attached hydrogen (secondary N) is 1. The first kappa shape index (κ1) is 11.9. The molecule has 0 bridgehead atoms. The van der Waals surface area contributed by atoms with E-state index >= 15 is 0 Å². The van der Waals surface area contributed by atoms with Gasteiger partial charge in [0.1, 0.15) is 6.04 Å². The van der Waals surface area contributed by atoms with Crippen LogP contribution in [-0.4, -0.2) is 49.2 Å². The average molecular weight is 226 g/mol. The van der Waals surface area contributed by atoms with Gasteiger partial charge in [-0.05, 0) is 19.8 Å². The summed E-state index contributed by atoms with van der Waals surface area (Å²) in [6.07, 6.45) is 4.82. The molecule has 0 unspecified atom stereocenters. The number of morpholine rings is 1. The maximum Gasteiger partial charge on any atom is 0.242 e. The normalized spacial score (nSPS) is 31.6. The molecular formula is C12H22N2O2. The Morgan fingerprint density at radius 1 is 1.38 bits per heavy atom. The fourth-order valence-corrected chi connectivity index (χ4v) is 2.70. The van der Waals surface area contributed by atoms with Gasteiger partial charge in [-0.15, -0.1) is 0 Å². The van der Waals surface area contributed by atoms with Crippen molar-refractivity contribution in [2.75, 3.05) is 20.2 Å². The molecule has 1 amide bonds. The zero-order valence-corrected chi connectivity index (χ0v) is 10.2. The lowest BCUT2D eigenvalue weighted by Crippen LogP contribution is -2.57. The Morgan fingerprint density at radius 2 is 2.06 bits per heavy atom. The number of amides is 1. The van der Waals surface area contributed by atoms with Gasteiger partial charge in [0.2, 0.25) is 5.91 Å². The lowest BCUT2D eigenvalue weighted by atomic mass is 10.1. The van der Waals surface area contributed by atoms with Crippen molar-refractivity contribution in [3.05, 3.63) is 0 Å². The fraction of sp³-hybridized carbons (Fsp3) is 0.917. The quantitative estimate of drug-likeness (QED) is 0.756. The highest BCUT2D eigenvalue weighted by atomic mass is 16.5. The summed E-state index contributed by atoms with van der Waals surface area (Å²) in [6.45, 7) is 3.45. The Bertz CT molecular complexity index is 251. The summed E-state index contributed by atoms with van der Waals surface area (Å²) in [4.78, 5) is 14.2. The zero-order valence-electron chi connectivity index (χ0n) is 10.2. The van der Waals surface area contributed by atoms with Gasteiger partial charge in [-0.2, -0.15) is 0 Å². The predicted molar refractivity (Wildman–Crippen MR) is 62.2 cm³/mol. The Morgan fingerprint density at radius 3 is 2.69 bits per heavy atom. The van der Waals surface area contributed by atoms with Crippen molar-refractivity contribution in [2.45, 2.75) is 50.8 Å². The Balaban J connectivity index is 1.94. The van der Waals surface area contributed by atoms with Gasteiger partial charge in [-0.3, -0.25) is 4.79 Å². The van der Waals surface area contributed by atoms with Crippen LogP contribution in [-0.2, 0) is 9.53 Å². The van der Waals surface area contributed by atoms with Gasteiger partial charge in [0, 0.05) is 19.6 Å². The first-order valence-electron chi connectivity index (χ1n) is 6.32. The van der Waals surface area contributed by atoms with Gasteiger partial charge >= 0.3 is 0 Å². The molecule has 0 spiro atoms. The molecule has 0 radical (unpaired) electrons. The molecule has 1 N–H and O–H groups in total. The summed E-state index contributed by atoms with van der Waals surface area (Å²) in [7, 11) is 1.93. The van der Waals surface area contributed by atoms with E-state index in [4.69, 9.17) is 4.74 Å². The van der Waals surface area contributed by atoms with E-state index < -0.39 is 0 Å². The predicted octanol–water partition coefficient (Wildman–Crippen LogP) is 0.764. The molecule has 2 fully saturated rings. The Labute approximate surface area is 97.3 Å². The molecule has 1 aliphatic carbocycles. The standard InChI is InChI=1S/C12H22N2O2/c1-9-11(13-7-8-16-9)12(15)14(2)10-5-3-4-6-10/h9-11,13H,3-8H2,1-2H3/t9-,11+/m1/s1. The molecular weight excluding hydrogens is 204 g/mol. The zero-order chi connectivity index (χ0) is 11.5. The topological polar surface area (TPSA) is 41.6 Å². The molecule has 1 saturated carbocycles. The van der Waals surface area contributed by atoms with Crippen molar-refractivity contribution in [2.24, 2.45) is 0 Å². The van der Waals surface area contributed by atoms with Crippen LogP contribution in [0.3, 0.4) is 0 Å². The molecule has 0 aromatic heterocycles. The number of carbonyl (C=O) groups is 1. The van der Waals surface area contributed by atoms with Crippen LogP contribution in [0, 0.1) is 0 Å². The molecule has 92 valence electrons. The maximum absolute atomic E-state index is 12.3. The summed E-state index contributed by atoms with van der Waals surface area (Å²) in [6, 6.07) is 0.294. The smallest absolute Gasteiger partial charge is 0.242 e. The lowest BCUT2D eigenvalue weighted by molar-refractivity contribution is -0.140. The molecule has 2 rings (SSSR count). The number of ether oxygens (including phenoxy) is 1. The molecule has 1 aliphatic heterocycles. The van der Waals surface area contributed by atoms with Crippen molar-refractivity contribution < 1.29 is 9.53 Å². The molecule has 2 aliphatic rings. The number of hydrogen-bond acceptors (Lipinski definition) is 3. The van der Waals surface area contributed by atoms with Gasteiger partial charge in [0.15, 0.2) is 0 Å². The second kappa shape index (κ2) is 5.15. The first-order valence-corrected chi connectivity index (χ1v) is 6.32. The fourth-order valence-electron chi connectivity index (χ4n) is 2.70. The third-order valence-corrected chi connectivity index (χ3v) is 3.80. The Kier molecular flexibility index (Phi) is 3.82. The van der Waals surface area contributed by atoms with E-state index in [1.54, 1.807) is 0 Å². The largest absolute Gasteiger partial charge is 0.375 e. The van der Waals surface area contributed by atoms with Gasteiger partial charge < -0.3 is 15.0 Å². The van der Waals surface area contributed by atoms with Crippen LogP contribution in [0.15, 0.2) is 0 Å². The average Bonchev–Trinajstić information content (AvgIpc) is 2.81. The first-order chi connectivity index (χ1) is 7.70. The molecule has 4 heteroatoms. The number of rotatable bonds is 2. The SMILES string of the molecule is C[C@H]1OCCN[C@@H]1C(=O)N(C)C1CCCC1. The van der Waals surface area contributed by atoms with Crippen molar-refractivity contribution >= 4 is 5.91 Å². The number of nitrogens with zero attached hydrogens (tertiary/aromatic N) is 1. The van der Waals surface area contributed by atoms with E-state index in [0.29, 0.717) is 12.6 Å². The monoisotopic (exact) mass is 226 g/mol. The van der Waals surface area contributed by atoms with E-state index in [-0.39, 0.29) is 18.1 Å². The molecule has 0 aromatic rings. The van der Waals surface area contributed by atoms with E-state index in [1.165, 1.54) is 12.8 Å². The number of likely N-dealkylation sites (N-methyl/N-ethyl adjacent to an activating group) is 1. The van der Waals surface area contributed by atoms with Crippen LogP contribution in [0.1, 0.15) is 32.6 Å². The molecule has 1 saturated heterocycles. The highest BCUT2D eigenvalue weighted by Crippen LogP contribution is 2.23.